The number of benzene rings is 1. The monoisotopic (exact) mass is 585 g/mol. The third-order valence-electron chi connectivity index (χ3n) is 7.14. The number of aliphatic imine (C=N–C) groups is 1. The van der Waals surface area contributed by atoms with Gasteiger partial charge in [0.1, 0.15) is 18.1 Å². The van der Waals surface area contributed by atoms with Crippen LogP contribution in [0, 0.1) is 0 Å². The average Bonchev–Trinajstić information content (AvgIpc) is 3.59. The smallest absolute Gasteiger partial charge is 0.326 e. The molecule has 1 saturated heterocycles. The Morgan fingerprint density at radius 2 is 1.81 bits per heavy atom. The number of aromatic nitrogens is 1. The number of carbonyl (C=O) groups is 5. The minimum absolute atomic E-state index is 0.0806. The molecule has 1 aromatic carbocycles. The van der Waals surface area contributed by atoms with Crippen LogP contribution in [0.1, 0.15) is 44.1 Å². The maximum absolute atomic E-state index is 13.4. The molecule has 1 aliphatic heterocycles. The number of nitrogens with zero attached hydrogens (tertiary/aromatic N) is 2. The number of aromatic amines is 1. The first-order valence-corrected chi connectivity index (χ1v) is 13.8. The van der Waals surface area contributed by atoms with Crippen molar-refractivity contribution < 1.29 is 29.1 Å². The van der Waals surface area contributed by atoms with Crippen molar-refractivity contribution in [3.8, 4) is 0 Å². The van der Waals surface area contributed by atoms with Crippen LogP contribution in [-0.2, 0) is 30.4 Å². The van der Waals surface area contributed by atoms with Crippen molar-refractivity contribution in [2.75, 3.05) is 13.1 Å². The van der Waals surface area contributed by atoms with Crippen LogP contribution in [0.15, 0.2) is 35.5 Å². The number of fused-ring (bicyclic) bond motifs is 1. The fourth-order valence-electron chi connectivity index (χ4n) is 5.00. The number of hydrogen-bond donors (Lipinski definition) is 8. The number of H-pyrrole nitrogens is 1. The molecule has 4 amide bonds. The molecule has 1 aliphatic rings. The standard InChI is InChI=1S/C27H39N9O6/c28-17(13-15-14-33-18-6-2-1-5-16(15)18)25(40)36-12-4-8-21(36)24(39)34-19(7-3-11-32-27(30)31)23(38)35-20(26(41)42)9-10-22(29)37/h1-2,5-6,14,17,19-21,33H,3-4,7-13,28H2,(H2,29,37)(H,34,39)(H,35,38)(H,41,42)(H4,30,31,32). The highest BCUT2D eigenvalue weighted by Gasteiger charge is 2.38. The lowest BCUT2D eigenvalue weighted by Gasteiger charge is -2.28. The molecular formula is C27H39N9O6. The van der Waals surface area contributed by atoms with Crippen molar-refractivity contribution in [1.29, 1.82) is 0 Å². The predicted octanol–water partition coefficient (Wildman–Crippen LogP) is -1.60. The lowest BCUT2D eigenvalue weighted by molar-refractivity contribution is -0.143. The van der Waals surface area contributed by atoms with Crippen LogP contribution in [-0.4, -0.2) is 87.8 Å². The van der Waals surface area contributed by atoms with Gasteiger partial charge in [-0.15, -0.1) is 0 Å². The van der Waals surface area contributed by atoms with Gasteiger partial charge in [-0.1, -0.05) is 18.2 Å². The Kier molecular flexibility index (Phi) is 11.2. The number of guanidine groups is 1. The molecule has 12 N–H and O–H groups in total. The number of carboxylic acid groups (broad SMARTS) is 1. The second kappa shape index (κ2) is 14.8. The number of hydrogen-bond acceptors (Lipinski definition) is 7. The summed E-state index contributed by atoms with van der Waals surface area (Å²) in [6.07, 6.45) is 2.92. The first-order chi connectivity index (χ1) is 20.0. The normalized spacial score (nSPS) is 16.8. The van der Waals surface area contributed by atoms with Crippen molar-refractivity contribution in [3.63, 3.8) is 0 Å². The fourth-order valence-corrected chi connectivity index (χ4v) is 5.00. The van der Waals surface area contributed by atoms with Gasteiger partial charge in [0.2, 0.25) is 23.6 Å². The van der Waals surface area contributed by atoms with Gasteiger partial charge < -0.3 is 48.6 Å². The summed E-state index contributed by atoms with van der Waals surface area (Å²) in [5, 5.41) is 15.5. The number of likely N-dealkylation sites (tertiary alicyclic amines) is 1. The number of nitrogens with one attached hydrogen (secondary N) is 3. The van der Waals surface area contributed by atoms with E-state index in [0.717, 1.165) is 16.5 Å². The SMILES string of the molecule is NC(=O)CCC(NC(=O)C(CCCN=C(N)N)NC(=O)C1CCCN1C(=O)C(N)Cc1c[nH]c2ccccc12)C(=O)O. The number of aliphatic carboxylic acids is 1. The largest absolute Gasteiger partial charge is 0.480 e. The molecule has 3 rings (SSSR count). The highest BCUT2D eigenvalue weighted by molar-refractivity contribution is 5.95. The van der Waals surface area contributed by atoms with Crippen LogP contribution in [0.2, 0.25) is 0 Å². The van der Waals surface area contributed by atoms with Gasteiger partial charge in [0, 0.05) is 36.6 Å². The number of carbonyl (C=O) groups excluding carboxylic acids is 4. The second-order valence-corrected chi connectivity index (χ2v) is 10.3. The minimum atomic E-state index is -1.39. The molecule has 4 atom stereocenters. The quantitative estimate of drug-likeness (QED) is 0.0678. The van der Waals surface area contributed by atoms with Crippen molar-refractivity contribution in [2.45, 2.75) is 69.1 Å². The van der Waals surface area contributed by atoms with Crippen molar-refractivity contribution >= 4 is 46.5 Å². The molecule has 0 aliphatic carbocycles. The van der Waals surface area contributed by atoms with Gasteiger partial charge in [-0.2, -0.15) is 0 Å². The molecule has 0 saturated carbocycles. The Morgan fingerprint density at radius 3 is 2.50 bits per heavy atom. The van der Waals surface area contributed by atoms with E-state index in [0.29, 0.717) is 19.4 Å². The van der Waals surface area contributed by atoms with Crippen LogP contribution in [0.4, 0.5) is 0 Å². The van der Waals surface area contributed by atoms with Gasteiger partial charge >= 0.3 is 5.97 Å². The first kappa shape index (κ1) is 31.9. The maximum Gasteiger partial charge on any atom is 0.326 e. The molecule has 1 fully saturated rings. The van der Waals surface area contributed by atoms with Crippen LogP contribution in [0.5, 0.6) is 0 Å². The minimum Gasteiger partial charge on any atom is -0.480 e. The van der Waals surface area contributed by atoms with E-state index in [-0.39, 0.29) is 50.5 Å². The van der Waals surface area contributed by atoms with E-state index in [4.69, 9.17) is 22.9 Å². The Morgan fingerprint density at radius 1 is 1.07 bits per heavy atom. The number of para-hydroxylation sites is 1. The summed E-state index contributed by atoms with van der Waals surface area (Å²) in [7, 11) is 0. The molecular weight excluding hydrogens is 546 g/mol. The van der Waals surface area contributed by atoms with Gasteiger partial charge in [-0.05, 0) is 50.2 Å². The zero-order chi connectivity index (χ0) is 30.8. The summed E-state index contributed by atoms with van der Waals surface area (Å²) >= 11 is 0. The Balaban J connectivity index is 1.69. The Hall–Kier alpha value is -4.66. The second-order valence-electron chi connectivity index (χ2n) is 10.3. The molecule has 0 bridgehead atoms. The van der Waals surface area contributed by atoms with Gasteiger partial charge in [-0.3, -0.25) is 24.2 Å². The van der Waals surface area contributed by atoms with E-state index < -0.39 is 47.9 Å². The molecule has 2 aromatic rings. The average molecular weight is 586 g/mol. The molecule has 0 radical (unpaired) electrons. The van der Waals surface area contributed by atoms with Crippen LogP contribution < -0.4 is 33.6 Å². The Labute approximate surface area is 242 Å². The van der Waals surface area contributed by atoms with Crippen molar-refractivity contribution in [2.24, 2.45) is 27.9 Å². The van der Waals surface area contributed by atoms with Gasteiger partial charge in [0.15, 0.2) is 5.96 Å². The van der Waals surface area contributed by atoms with Gasteiger partial charge in [0.05, 0.1) is 6.04 Å². The molecule has 42 heavy (non-hydrogen) atoms. The van der Waals surface area contributed by atoms with Crippen LogP contribution in [0.3, 0.4) is 0 Å². The molecule has 15 nitrogen and oxygen atoms in total. The van der Waals surface area contributed by atoms with Crippen LogP contribution in [0.25, 0.3) is 10.9 Å². The molecule has 4 unspecified atom stereocenters. The number of rotatable bonds is 15. The number of amides is 4. The first-order valence-electron chi connectivity index (χ1n) is 13.8. The van der Waals surface area contributed by atoms with Gasteiger partial charge in [0.25, 0.3) is 0 Å². The highest BCUT2D eigenvalue weighted by Crippen LogP contribution is 2.22. The summed E-state index contributed by atoms with van der Waals surface area (Å²) in [5.74, 6) is -3.92. The third kappa shape index (κ3) is 8.67. The molecule has 15 heteroatoms. The molecule has 2 heterocycles. The van der Waals surface area contributed by atoms with E-state index in [1.165, 1.54) is 4.90 Å². The predicted molar refractivity (Wildman–Crippen MR) is 155 cm³/mol. The summed E-state index contributed by atoms with van der Waals surface area (Å²) < 4.78 is 0. The van der Waals surface area contributed by atoms with Gasteiger partial charge in [-0.25, -0.2) is 4.79 Å². The van der Waals surface area contributed by atoms with E-state index in [1.54, 1.807) is 0 Å². The zero-order valence-corrected chi connectivity index (χ0v) is 23.3. The topological polar surface area (TPSA) is 265 Å². The summed E-state index contributed by atoms with van der Waals surface area (Å²) in [6, 6.07) is 3.36. The van der Waals surface area contributed by atoms with E-state index in [2.05, 4.69) is 20.6 Å². The Bertz CT molecular complexity index is 1320. The zero-order valence-electron chi connectivity index (χ0n) is 23.3. The van der Waals surface area contributed by atoms with E-state index in [1.807, 2.05) is 30.5 Å². The van der Waals surface area contributed by atoms with E-state index in [9.17, 15) is 29.1 Å². The third-order valence-corrected chi connectivity index (χ3v) is 7.14. The molecule has 228 valence electrons. The molecule has 1 aromatic heterocycles. The lowest BCUT2D eigenvalue weighted by Crippen LogP contribution is -2.56. The highest BCUT2D eigenvalue weighted by atomic mass is 16.4. The van der Waals surface area contributed by atoms with Crippen molar-refractivity contribution in [3.05, 3.63) is 36.0 Å². The summed E-state index contributed by atoms with van der Waals surface area (Å²) in [6.45, 7) is 0.497. The molecule has 0 spiro atoms. The van der Waals surface area contributed by atoms with Crippen molar-refractivity contribution in [1.82, 2.24) is 20.5 Å². The lowest BCUT2D eigenvalue weighted by atomic mass is 10.0. The van der Waals surface area contributed by atoms with Crippen LogP contribution >= 0.6 is 0 Å². The maximum atomic E-state index is 13.4. The number of carboxylic acids is 1. The number of nitrogens with two attached hydrogens (primary N) is 4. The van der Waals surface area contributed by atoms with E-state index >= 15 is 0 Å². The summed E-state index contributed by atoms with van der Waals surface area (Å²) in [4.78, 5) is 71.1. The summed E-state index contributed by atoms with van der Waals surface area (Å²) in [5.41, 5.74) is 23.9. The fraction of sp³-hybridized carbons (Fsp3) is 0.481. The number of primary amides is 1.